The van der Waals surface area contributed by atoms with Gasteiger partial charge in [0.25, 0.3) is 5.91 Å². The molecule has 1 aromatic heterocycles. The van der Waals surface area contributed by atoms with Crippen molar-refractivity contribution in [3.8, 4) is 0 Å². The summed E-state index contributed by atoms with van der Waals surface area (Å²) >= 11 is 0. The van der Waals surface area contributed by atoms with E-state index in [0.717, 1.165) is 77.4 Å². The predicted octanol–water partition coefficient (Wildman–Crippen LogP) is 2.59. The Morgan fingerprint density at radius 2 is 1.94 bits per heavy atom. The zero-order valence-corrected chi connectivity index (χ0v) is 22.1. The third kappa shape index (κ3) is 5.76. The van der Waals surface area contributed by atoms with E-state index in [4.69, 9.17) is 4.74 Å². The average Bonchev–Trinajstić information content (AvgIpc) is 3.23. The number of hydrogen-bond donors (Lipinski definition) is 1. The first kappa shape index (κ1) is 25.2. The maximum atomic E-state index is 13.0. The third-order valence-electron chi connectivity index (χ3n) is 7.84. The highest BCUT2D eigenvalue weighted by atomic mass is 16.5. The second kappa shape index (κ2) is 11.8. The molecule has 0 saturated carbocycles. The molecule has 1 N–H and O–H groups in total. The van der Waals surface area contributed by atoms with Crippen LogP contribution in [0.1, 0.15) is 59.1 Å². The van der Waals surface area contributed by atoms with Gasteiger partial charge in [-0.15, -0.1) is 0 Å². The normalized spacial score (nSPS) is 18.7. The number of aryl methyl sites for hydroxylation is 2. The smallest absolute Gasteiger partial charge is 0.272 e. The number of morpholine rings is 1. The number of rotatable bonds is 9. The molecule has 0 bridgehead atoms. The van der Waals surface area contributed by atoms with Gasteiger partial charge in [0.15, 0.2) is 5.69 Å². The maximum Gasteiger partial charge on any atom is 0.272 e. The molecule has 5 rings (SSSR count). The van der Waals surface area contributed by atoms with Crippen LogP contribution in [0.2, 0.25) is 0 Å². The van der Waals surface area contributed by atoms with Gasteiger partial charge in [-0.2, -0.15) is 5.10 Å². The zero-order chi connectivity index (χ0) is 24.9. The summed E-state index contributed by atoms with van der Waals surface area (Å²) in [5.74, 6) is -0.0412. The van der Waals surface area contributed by atoms with E-state index >= 15 is 0 Å². The summed E-state index contributed by atoms with van der Waals surface area (Å²) in [5.41, 5.74) is 7.18. The van der Waals surface area contributed by atoms with E-state index in [1.807, 2.05) is 11.7 Å². The molecule has 0 radical (unpaired) electrons. The molecule has 36 heavy (non-hydrogen) atoms. The second-order valence-electron chi connectivity index (χ2n) is 10.5. The lowest BCUT2D eigenvalue weighted by molar-refractivity contribution is 0.0374. The summed E-state index contributed by atoms with van der Waals surface area (Å²) in [7, 11) is 1.97. The zero-order valence-electron chi connectivity index (χ0n) is 22.1. The van der Waals surface area contributed by atoms with Crippen LogP contribution in [0.4, 0.5) is 5.69 Å². The molecule has 1 saturated heterocycles. The van der Waals surface area contributed by atoms with Crippen LogP contribution in [0.3, 0.4) is 0 Å². The minimum atomic E-state index is -0.0412. The fourth-order valence-corrected chi connectivity index (χ4v) is 5.97. The summed E-state index contributed by atoms with van der Waals surface area (Å²) < 4.78 is 7.33. The summed E-state index contributed by atoms with van der Waals surface area (Å²) in [6, 6.07) is 7.04. The van der Waals surface area contributed by atoms with Crippen molar-refractivity contribution in [1.29, 1.82) is 0 Å². The van der Waals surface area contributed by atoms with Gasteiger partial charge in [0.05, 0.1) is 13.2 Å². The topological polar surface area (TPSA) is 65.9 Å². The molecule has 3 aliphatic rings. The summed E-state index contributed by atoms with van der Waals surface area (Å²) in [6.45, 7) is 12.5. The Morgan fingerprint density at radius 1 is 1.08 bits per heavy atom. The molecule has 196 valence electrons. The van der Waals surface area contributed by atoms with Gasteiger partial charge in [-0.25, -0.2) is 0 Å². The van der Waals surface area contributed by atoms with E-state index in [1.54, 1.807) is 0 Å². The van der Waals surface area contributed by atoms with Crippen molar-refractivity contribution in [3.63, 3.8) is 0 Å². The fraction of sp³-hybridized carbons (Fsp3) is 0.643. The second-order valence-corrected chi connectivity index (χ2v) is 10.5. The van der Waals surface area contributed by atoms with Crippen molar-refractivity contribution >= 4 is 11.6 Å². The van der Waals surface area contributed by atoms with Gasteiger partial charge >= 0.3 is 0 Å². The van der Waals surface area contributed by atoms with Gasteiger partial charge in [0, 0.05) is 82.8 Å². The van der Waals surface area contributed by atoms with Crippen molar-refractivity contribution in [3.05, 3.63) is 46.3 Å². The quantitative estimate of drug-likeness (QED) is 0.541. The SMILES string of the molecule is CCCN1CCCc2cc(CN3CCc4c(c(C(=O)NCCCN5CCOCC5)nn4C)C3)ccc21. The lowest BCUT2D eigenvalue weighted by Crippen LogP contribution is -2.38. The molecule has 1 amide bonds. The Hall–Kier alpha value is -2.42. The van der Waals surface area contributed by atoms with Crippen molar-refractivity contribution in [2.45, 2.75) is 52.1 Å². The molecule has 8 nitrogen and oxygen atoms in total. The van der Waals surface area contributed by atoms with Crippen molar-refractivity contribution in [2.75, 3.05) is 63.9 Å². The Kier molecular flexibility index (Phi) is 8.24. The van der Waals surface area contributed by atoms with Crippen molar-refractivity contribution in [1.82, 2.24) is 24.9 Å². The first-order valence-corrected chi connectivity index (χ1v) is 13.8. The van der Waals surface area contributed by atoms with Gasteiger partial charge in [0.1, 0.15) is 0 Å². The van der Waals surface area contributed by atoms with Gasteiger partial charge in [0.2, 0.25) is 0 Å². The Balaban J connectivity index is 1.19. The highest BCUT2D eigenvalue weighted by Crippen LogP contribution is 2.30. The molecular weight excluding hydrogens is 452 g/mol. The van der Waals surface area contributed by atoms with Crippen LogP contribution in [0.15, 0.2) is 18.2 Å². The molecule has 4 heterocycles. The van der Waals surface area contributed by atoms with E-state index in [0.29, 0.717) is 12.2 Å². The number of aromatic nitrogens is 2. The van der Waals surface area contributed by atoms with Gasteiger partial charge < -0.3 is 15.0 Å². The van der Waals surface area contributed by atoms with Gasteiger partial charge in [-0.3, -0.25) is 19.3 Å². The van der Waals surface area contributed by atoms with Crippen LogP contribution in [-0.4, -0.2) is 84.5 Å². The minimum absolute atomic E-state index is 0.0412. The number of carbonyl (C=O) groups excluding carboxylic acids is 1. The molecular formula is C28H42N6O2. The Morgan fingerprint density at radius 3 is 2.78 bits per heavy atom. The molecule has 0 aliphatic carbocycles. The Bertz CT molecular complexity index is 1040. The summed E-state index contributed by atoms with van der Waals surface area (Å²) in [6.07, 6.45) is 5.47. The minimum Gasteiger partial charge on any atom is -0.379 e. The number of ether oxygens (including phenoxy) is 1. The number of nitrogens with one attached hydrogen (secondary N) is 1. The van der Waals surface area contributed by atoms with Crippen molar-refractivity contribution in [2.24, 2.45) is 7.05 Å². The van der Waals surface area contributed by atoms with Gasteiger partial charge in [-0.1, -0.05) is 19.1 Å². The van der Waals surface area contributed by atoms with Gasteiger partial charge in [-0.05, 0) is 49.4 Å². The monoisotopic (exact) mass is 494 g/mol. The molecule has 0 atom stereocenters. The summed E-state index contributed by atoms with van der Waals surface area (Å²) in [4.78, 5) is 20.5. The lowest BCUT2D eigenvalue weighted by atomic mass is 9.98. The first-order valence-electron chi connectivity index (χ1n) is 13.8. The van der Waals surface area contributed by atoms with Crippen LogP contribution >= 0.6 is 0 Å². The standard InChI is InChI=1S/C28H42N6O2/c1-3-11-34-13-4-6-23-19-22(7-8-25(23)34)20-33-14-9-26-24(21-33)27(30-31(26)2)28(35)29-10-5-12-32-15-17-36-18-16-32/h7-8,19H,3-6,9-18,20-21H2,1-2H3,(H,29,35). The largest absolute Gasteiger partial charge is 0.379 e. The number of amides is 1. The first-order chi connectivity index (χ1) is 17.6. The number of anilines is 1. The number of carbonyl (C=O) groups is 1. The summed E-state index contributed by atoms with van der Waals surface area (Å²) in [5, 5.41) is 7.75. The number of nitrogens with zero attached hydrogens (tertiary/aromatic N) is 5. The molecule has 8 heteroatoms. The molecule has 2 aromatic rings. The highest BCUT2D eigenvalue weighted by Gasteiger charge is 2.27. The average molecular weight is 495 g/mol. The highest BCUT2D eigenvalue weighted by molar-refractivity contribution is 5.94. The van der Waals surface area contributed by atoms with E-state index in [-0.39, 0.29) is 5.91 Å². The maximum absolute atomic E-state index is 13.0. The molecule has 1 aromatic carbocycles. The number of fused-ring (bicyclic) bond motifs is 2. The molecule has 1 fully saturated rings. The van der Waals surface area contributed by atoms with Crippen LogP contribution in [0, 0.1) is 0 Å². The molecule has 3 aliphatic heterocycles. The third-order valence-corrected chi connectivity index (χ3v) is 7.84. The van der Waals surface area contributed by atoms with Crippen molar-refractivity contribution < 1.29 is 9.53 Å². The lowest BCUT2D eigenvalue weighted by Gasteiger charge is -2.32. The van der Waals surface area contributed by atoms with Crippen LogP contribution in [0.5, 0.6) is 0 Å². The Labute approximate surface area is 215 Å². The predicted molar refractivity (Wildman–Crippen MR) is 143 cm³/mol. The number of benzene rings is 1. The number of hydrogen-bond acceptors (Lipinski definition) is 6. The van der Waals surface area contributed by atoms with E-state index < -0.39 is 0 Å². The fourth-order valence-electron chi connectivity index (χ4n) is 5.97. The van der Waals surface area contributed by atoms with E-state index in [2.05, 4.69) is 50.2 Å². The van der Waals surface area contributed by atoms with Crippen LogP contribution in [0.25, 0.3) is 0 Å². The van der Waals surface area contributed by atoms with Crippen LogP contribution in [-0.2, 0) is 37.7 Å². The van der Waals surface area contributed by atoms with E-state index in [1.165, 1.54) is 48.3 Å². The molecule has 0 spiro atoms. The molecule has 0 unspecified atom stereocenters. The van der Waals surface area contributed by atoms with Crippen LogP contribution < -0.4 is 10.2 Å². The van der Waals surface area contributed by atoms with E-state index in [9.17, 15) is 4.79 Å².